The molecule has 144 valence electrons. The van der Waals surface area contributed by atoms with Gasteiger partial charge in [-0.25, -0.2) is 4.79 Å². The predicted molar refractivity (Wildman–Crippen MR) is 104 cm³/mol. The molecular weight excluding hydrogens is 342 g/mol. The van der Waals surface area contributed by atoms with Crippen molar-refractivity contribution in [3.63, 3.8) is 0 Å². The van der Waals surface area contributed by atoms with Crippen molar-refractivity contribution in [3.05, 3.63) is 59.7 Å². The first-order valence-electron chi connectivity index (χ1n) is 9.56. The quantitative estimate of drug-likeness (QED) is 0.740. The van der Waals surface area contributed by atoms with E-state index in [2.05, 4.69) is 4.90 Å². The molecule has 0 aliphatic carbocycles. The lowest BCUT2D eigenvalue weighted by atomic mass is 9.95. The molecule has 0 spiro atoms. The number of rotatable bonds is 8. The highest BCUT2D eigenvalue weighted by Crippen LogP contribution is 2.27. The van der Waals surface area contributed by atoms with E-state index in [0.717, 1.165) is 31.5 Å². The smallest absolute Gasteiger partial charge is 0.341 e. The number of carboxylic acid groups (broad SMARTS) is 1. The number of likely N-dealkylation sites (tertiary alicyclic amines) is 1. The second kappa shape index (κ2) is 9.42. The first-order chi connectivity index (χ1) is 13.1. The molecule has 1 aliphatic rings. The van der Waals surface area contributed by atoms with Crippen LogP contribution in [0.4, 0.5) is 0 Å². The fourth-order valence-corrected chi connectivity index (χ4v) is 3.72. The summed E-state index contributed by atoms with van der Waals surface area (Å²) in [6, 6.07) is 15.7. The number of aryl methyl sites for hydroxylation is 1. The van der Waals surface area contributed by atoms with Gasteiger partial charge in [-0.2, -0.15) is 0 Å². The number of para-hydroxylation sites is 1. The Labute approximate surface area is 160 Å². The normalized spacial score (nSPS) is 17.6. The second-order valence-electron chi connectivity index (χ2n) is 7.12. The van der Waals surface area contributed by atoms with Crippen molar-refractivity contribution in [2.24, 2.45) is 0 Å². The van der Waals surface area contributed by atoms with Crippen LogP contribution in [0.1, 0.15) is 36.8 Å². The molecular formula is C22H27NO4. The zero-order valence-corrected chi connectivity index (χ0v) is 15.5. The fraction of sp³-hybridized carbons (Fsp3) is 0.409. The maximum atomic E-state index is 10.8. The van der Waals surface area contributed by atoms with E-state index in [-0.39, 0.29) is 6.61 Å². The molecule has 0 amide bonds. The molecule has 1 saturated heterocycles. The van der Waals surface area contributed by atoms with Crippen molar-refractivity contribution in [2.45, 2.75) is 44.7 Å². The van der Waals surface area contributed by atoms with Crippen LogP contribution in [0.5, 0.6) is 11.5 Å². The molecule has 1 heterocycles. The first kappa shape index (κ1) is 19.2. The van der Waals surface area contributed by atoms with E-state index in [1.807, 2.05) is 36.4 Å². The minimum absolute atomic E-state index is 0.302. The monoisotopic (exact) mass is 369 g/mol. The van der Waals surface area contributed by atoms with Crippen LogP contribution >= 0.6 is 0 Å². The van der Waals surface area contributed by atoms with E-state index in [0.29, 0.717) is 17.5 Å². The van der Waals surface area contributed by atoms with Gasteiger partial charge in [0.1, 0.15) is 11.5 Å². The molecule has 27 heavy (non-hydrogen) atoms. The van der Waals surface area contributed by atoms with Crippen LogP contribution in [-0.4, -0.2) is 40.3 Å². The molecule has 2 N–H and O–H groups in total. The third-order valence-corrected chi connectivity index (χ3v) is 5.15. The predicted octanol–water partition coefficient (Wildman–Crippen LogP) is 3.84. The van der Waals surface area contributed by atoms with E-state index >= 15 is 0 Å². The van der Waals surface area contributed by atoms with Gasteiger partial charge < -0.3 is 14.9 Å². The van der Waals surface area contributed by atoms with E-state index < -0.39 is 5.97 Å². The number of hydrogen-bond donors (Lipinski definition) is 2. The number of benzene rings is 2. The summed E-state index contributed by atoms with van der Waals surface area (Å²) in [7, 11) is 0. The summed E-state index contributed by atoms with van der Waals surface area (Å²) >= 11 is 0. The Morgan fingerprint density at radius 2 is 1.89 bits per heavy atom. The molecule has 5 heteroatoms. The number of piperidine rings is 1. The largest absolute Gasteiger partial charge is 0.508 e. The van der Waals surface area contributed by atoms with Crippen molar-refractivity contribution in [3.8, 4) is 11.5 Å². The lowest BCUT2D eigenvalue weighted by Crippen LogP contribution is -2.39. The Morgan fingerprint density at radius 1 is 1.11 bits per heavy atom. The van der Waals surface area contributed by atoms with Crippen LogP contribution in [0, 0.1) is 0 Å². The van der Waals surface area contributed by atoms with Gasteiger partial charge in [0.15, 0.2) is 6.61 Å². The number of nitrogens with zero attached hydrogens (tertiary/aromatic N) is 1. The van der Waals surface area contributed by atoms with Gasteiger partial charge in [0.2, 0.25) is 0 Å². The number of carbonyl (C=O) groups is 1. The van der Waals surface area contributed by atoms with E-state index in [4.69, 9.17) is 9.84 Å². The summed E-state index contributed by atoms with van der Waals surface area (Å²) in [6.45, 7) is 1.50. The Balaban J connectivity index is 1.63. The number of aliphatic carboxylic acids is 1. The fourth-order valence-electron chi connectivity index (χ4n) is 3.72. The summed E-state index contributed by atoms with van der Waals surface area (Å²) in [6.07, 6.45) is 5.67. The van der Waals surface area contributed by atoms with Gasteiger partial charge in [0.25, 0.3) is 0 Å². The molecule has 1 atom stereocenters. The van der Waals surface area contributed by atoms with Crippen molar-refractivity contribution in [2.75, 3.05) is 13.2 Å². The minimum Gasteiger partial charge on any atom is -0.508 e. The number of hydrogen-bond acceptors (Lipinski definition) is 4. The lowest BCUT2D eigenvalue weighted by molar-refractivity contribution is -0.139. The molecule has 0 radical (unpaired) electrons. The highest BCUT2D eigenvalue weighted by Gasteiger charge is 2.23. The Kier molecular flexibility index (Phi) is 6.71. The highest BCUT2D eigenvalue weighted by atomic mass is 16.5. The maximum absolute atomic E-state index is 10.8. The van der Waals surface area contributed by atoms with Gasteiger partial charge >= 0.3 is 5.97 Å². The molecule has 2 aromatic carbocycles. The molecule has 0 saturated carbocycles. The van der Waals surface area contributed by atoms with Gasteiger partial charge in [-0.3, -0.25) is 4.90 Å². The molecule has 0 bridgehead atoms. The molecule has 0 aromatic heterocycles. The molecule has 1 aliphatic heterocycles. The van der Waals surface area contributed by atoms with Crippen molar-refractivity contribution in [1.29, 1.82) is 0 Å². The van der Waals surface area contributed by atoms with E-state index in [1.54, 1.807) is 12.1 Å². The SMILES string of the molecule is O=C(O)COc1ccccc1CN1CCCCC1CCc1ccc(O)cc1. The summed E-state index contributed by atoms with van der Waals surface area (Å²) in [5, 5.41) is 18.3. The Morgan fingerprint density at radius 3 is 2.67 bits per heavy atom. The molecule has 2 aromatic rings. The lowest BCUT2D eigenvalue weighted by Gasteiger charge is -2.36. The molecule has 1 unspecified atom stereocenters. The van der Waals surface area contributed by atoms with Gasteiger partial charge in [0, 0.05) is 18.2 Å². The van der Waals surface area contributed by atoms with Crippen LogP contribution < -0.4 is 4.74 Å². The summed E-state index contributed by atoms with van der Waals surface area (Å²) in [5.41, 5.74) is 2.28. The number of phenolic OH excluding ortho intramolecular Hbond substituents is 1. The van der Waals surface area contributed by atoms with Crippen molar-refractivity contribution in [1.82, 2.24) is 4.90 Å². The van der Waals surface area contributed by atoms with E-state index in [1.165, 1.54) is 24.8 Å². The number of carboxylic acids is 1. The minimum atomic E-state index is -0.963. The van der Waals surface area contributed by atoms with E-state index in [9.17, 15) is 9.90 Å². The number of aromatic hydroxyl groups is 1. The average Bonchev–Trinajstić information content (AvgIpc) is 2.68. The van der Waals surface area contributed by atoms with Crippen LogP contribution in [-0.2, 0) is 17.8 Å². The maximum Gasteiger partial charge on any atom is 0.341 e. The topological polar surface area (TPSA) is 70.0 Å². The zero-order valence-electron chi connectivity index (χ0n) is 15.5. The Bertz CT molecular complexity index is 744. The summed E-state index contributed by atoms with van der Waals surface area (Å²) < 4.78 is 5.47. The Hall–Kier alpha value is -2.53. The molecule has 3 rings (SSSR count). The summed E-state index contributed by atoms with van der Waals surface area (Å²) in [5.74, 6) is -0.00619. The van der Waals surface area contributed by atoms with Crippen LogP contribution in [0.15, 0.2) is 48.5 Å². The average molecular weight is 369 g/mol. The highest BCUT2D eigenvalue weighted by molar-refractivity contribution is 5.68. The van der Waals surface area contributed by atoms with Crippen LogP contribution in [0.3, 0.4) is 0 Å². The zero-order chi connectivity index (χ0) is 19.1. The third-order valence-electron chi connectivity index (χ3n) is 5.15. The van der Waals surface area contributed by atoms with Crippen molar-refractivity contribution < 1.29 is 19.7 Å². The van der Waals surface area contributed by atoms with Gasteiger partial charge in [-0.15, -0.1) is 0 Å². The van der Waals surface area contributed by atoms with Gasteiger partial charge in [-0.05, 0) is 56.0 Å². The first-order valence-corrected chi connectivity index (χ1v) is 9.56. The third kappa shape index (κ3) is 5.73. The molecule has 1 fully saturated rings. The van der Waals surface area contributed by atoms with Crippen molar-refractivity contribution >= 4 is 5.97 Å². The number of phenols is 1. The number of ether oxygens (including phenoxy) is 1. The van der Waals surface area contributed by atoms with Crippen LogP contribution in [0.2, 0.25) is 0 Å². The molecule has 5 nitrogen and oxygen atoms in total. The summed E-state index contributed by atoms with van der Waals surface area (Å²) in [4.78, 5) is 13.3. The van der Waals surface area contributed by atoms with Crippen LogP contribution in [0.25, 0.3) is 0 Å². The van der Waals surface area contributed by atoms with Gasteiger partial charge in [-0.1, -0.05) is 36.8 Å². The van der Waals surface area contributed by atoms with Gasteiger partial charge in [0.05, 0.1) is 0 Å². The second-order valence-corrected chi connectivity index (χ2v) is 7.12. The standard InChI is InChI=1S/C22H27NO4/c24-20-12-9-17(10-13-20)8-11-19-6-3-4-14-23(19)15-18-5-1-2-7-21(18)27-16-22(25)26/h1-2,5,7,9-10,12-13,19,24H,3-4,6,8,11,14-16H2,(H,25,26).